The molecule has 0 saturated heterocycles. The fourth-order valence-corrected chi connectivity index (χ4v) is 2.51. The number of aromatic nitrogens is 1. The summed E-state index contributed by atoms with van der Waals surface area (Å²) >= 11 is 1.38. The smallest absolute Gasteiger partial charge is 0.273 e. The van der Waals surface area contributed by atoms with Crippen molar-refractivity contribution in [2.75, 3.05) is 27.3 Å². The molecular weight excluding hydrogens is 280 g/mol. The Kier molecular flexibility index (Phi) is 4.89. The van der Waals surface area contributed by atoms with Crippen molar-refractivity contribution in [1.82, 2.24) is 9.88 Å². The van der Waals surface area contributed by atoms with Gasteiger partial charge in [0.15, 0.2) is 0 Å². The van der Waals surface area contributed by atoms with Gasteiger partial charge in [-0.25, -0.2) is 4.98 Å². The number of nitrogens with zero attached hydrogens (tertiary/aromatic N) is 2. The summed E-state index contributed by atoms with van der Waals surface area (Å²) in [5, 5.41) is 12.0. The maximum absolute atomic E-state index is 12.2. The molecule has 2 aromatic heterocycles. The van der Waals surface area contributed by atoms with E-state index in [1.54, 1.807) is 31.0 Å². The molecule has 0 radical (unpaired) electrons. The highest BCUT2D eigenvalue weighted by molar-refractivity contribution is 7.13. The first-order valence-corrected chi connectivity index (χ1v) is 6.90. The van der Waals surface area contributed by atoms with E-state index >= 15 is 0 Å². The van der Waals surface area contributed by atoms with Crippen molar-refractivity contribution in [1.29, 1.82) is 0 Å². The van der Waals surface area contributed by atoms with Crippen LogP contribution in [-0.4, -0.2) is 54.3 Å². The SMILES string of the molecule is COCC(O)CN(C)C(=O)c1csc(-c2ccoc2)n1. The predicted molar refractivity (Wildman–Crippen MR) is 74.7 cm³/mol. The van der Waals surface area contributed by atoms with Crippen molar-refractivity contribution < 1.29 is 19.1 Å². The van der Waals surface area contributed by atoms with Gasteiger partial charge in [0.1, 0.15) is 17.0 Å². The van der Waals surface area contributed by atoms with Gasteiger partial charge in [0.25, 0.3) is 5.91 Å². The molecule has 108 valence electrons. The fourth-order valence-electron chi connectivity index (χ4n) is 1.73. The van der Waals surface area contributed by atoms with Crippen LogP contribution in [0.1, 0.15) is 10.5 Å². The van der Waals surface area contributed by atoms with Crippen molar-refractivity contribution in [3.8, 4) is 10.6 Å². The third kappa shape index (κ3) is 3.44. The lowest BCUT2D eigenvalue weighted by Gasteiger charge is -2.19. The van der Waals surface area contributed by atoms with Crippen molar-refractivity contribution >= 4 is 17.2 Å². The summed E-state index contributed by atoms with van der Waals surface area (Å²) in [6.45, 7) is 0.389. The number of aliphatic hydroxyl groups excluding tert-OH is 1. The van der Waals surface area contributed by atoms with Crippen molar-refractivity contribution in [3.05, 3.63) is 29.7 Å². The standard InChI is InChI=1S/C13H16N2O4S/c1-15(5-10(16)7-18-2)13(17)11-8-20-12(14-11)9-3-4-19-6-9/h3-4,6,8,10,16H,5,7H2,1-2H3. The average molecular weight is 296 g/mol. The molecule has 0 aliphatic heterocycles. The molecule has 0 saturated carbocycles. The van der Waals surface area contributed by atoms with Crippen LogP contribution in [0.4, 0.5) is 0 Å². The van der Waals surface area contributed by atoms with E-state index in [0.29, 0.717) is 5.69 Å². The molecule has 0 aliphatic rings. The maximum atomic E-state index is 12.2. The third-order valence-electron chi connectivity index (χ3n) is 2.68. The Labute approximate surface area is 120 Å². The van der Waals surface area contributed by atoms with Crippen molar-refractivity contribution in [3.63, 3.8) is 0 Å². The highest BCUT2D eigenvalue weighted by Crippen LogP contribution is 2.24. The lowest BCUT2D eigenvalue weighted by molar-refractivity contribution is 0.0378. The van der Waals surface area contributed by atoms with Crippen LogP contribution in [0.15, 0.2) is 28.4 Å². The minimum Gasteiger partial charge on any atom is -0.472 e. The highest BCUT2D eigenvalue weighted by Gasteiger charge is 2.18. The first-order valence-electron chi connectivity index (χ1n) is 6.02. The Hall–Kier alpha value is -1.70. The van der Waals surface area contributed by atoms with E-state index in [0.717, 1.165) is 10.6 Å². The molecule has 7 heteroatoms. The fraction of sp³-hybridized carbons (Fsp3) is 0.385. The average Bonchev–Trinajstić information content (AvgIpc) is 3.08. The second-order valence-corrected chi connectivity index (χ2v) is 5.20. The number of rotatable bonds is 6. The number of thiazole rings is 1. The number of furan rings is 1. The quantitative estimate of drug-likeness (QED) is 0.874. The number of likely N-dealkylation sites (N-methyl/N-ethyl adjacent to an activating group) is 1. The molecule has 0 spiro atoms. The Morgan fingerprint density at radius 3 is 3.10 bits per heavy atom. The molecule has 0 aliphatic carbocycles. The molecule has 0 fully saturated rings. The molecule has 20 heavy (non-hydrogen) atoms. The number of carbonyl (C=O) groups excluding carboxylic acids is 1. The van der Waals surface area contributed by atoms with Gasteiger partial charge in [-0.15, -0.1) is 11.3 Å². The Bertz CT molecular complexity index is 552. The summed E-state index contributed by atoms with van der Waals surface area (Å²) < 4.78 is 9.82. The van der Waals surface area contributed by atoms with Crippen LogP contribution in [-0.2, 0) is 4.74 Å². The van der Waals surface area contributed by atoms with Crippen LogP contribution in [0.2, 0.25) is 0 Å². The number of hydrogen-bond donors (Lipinski definition) is 1. The van der Waals surface area contributed by atoms with Gasteiger partial charge in [0, 0.05) is 31.6 Å². The van der Waals surface area contributed by atoms with Gasteiger partial charge in [-0.3, -0.25) is 4.79 Å². The Morgan fingerprint density at radius 2 is 2.45 bits per heavy atom. The maximum Gasteiger partial charge on any atom is 0.273 e. The van der Waals surface area contributed by atoms with Crippen LogP contribution in [0.3, 0.4) is 0 Å². The van der Waals surface area contributed by atoms with Gasteiger partial charge < -0.3 is 19.2 Å². The molecule has 2 aromatic rings. The van der Waals surface area contributed by atoms with Crippen LogP contribution in [0.5, 0.6) is 0 Å². The number of amides is 1. The molecular formula is C13H16N2O4S. The molecule has 0 bridgehead atoms. The van der Waals surface area contributed by atoms with E-state index in [1.165, 1.54) is 23.3 Å². The molecule has 2 heterocycles. The van der Waals surface area contributed by atoms with Crippen LogP contribution >= 0.6 is 11.3 Å². The van der Waals surface area contributed by atoms with Gasteiger partial charge in [-0.2, -0.15) is 0 Å². The second kappa shape index (κ2) is 6.65. The van der Waals surface area contributed by atoms with E-state index in [-0.39, 0.29) is 19.1 Å². The normalized spacial score (nSPS) is 12.3. The predicted octanol–water partition coefficient (Wildman–Crippen LogP) is 1.48. The molecule has 1 atom stereocenters. The van der Waals surface area contributed by atoms with Crippen molar-refractivity contribution in [2.24, 2.45) is 0 Å². The summed E-state index contributed by atoms with van der Waals surface area (Å²) in [7, 11) is 3.13. The Balaban J connectivity index is 2.02. The zero-order chi connectivity index (χ0) is 14.5. The monoisotopic (exact) mass is 296 g/mol. The molecule has 2 rings (SSSR count). The zero-order valence-corrected chi connectivity index (χ0v) is 12.1. The summed E-state index contributed by atoms with van der Waals surface area (Å²) in [5.41, 5.74) is 1.20. The van der Waals surface area contributed by atoms with E-state index in [1.807, 2.05) is 0 Å². The van der Waals surface area contributed by atoms with Crippen LogP contribution in [0, 0.1) is 0 Å². The van der Waals surface area contributed by atoms with Crippen LogP contribution in [0.25, 0.3) is 10.6 Å². The van der Waals surface area contributed by atoms with Gasteiger partial charge >= 0.3 is 0 Å². The summed E-state index contributed by atoms with van der Waals surface area (Å²) in [5.74, 6) is -0.230. The molecule has 6 nitrogen and oxygen atoms in total. The second-order valence-electron chi connectivity index (χ2n) is 4.34. The minimum absolute atomic E-state index is 0.189. The van der Waals surface area contributed by atoms with Crippen molar-refractivity contribution in [2.45, 2.75) is 6.10 Å². The van der Waals surface area contributed by atoms with E-state index in [9.17, 15) is 9.90 Å². The van der Waals surface area contributed by atoms with Crippen LogP contribution < -0.4 is 0 Å². The van der Waals surface area contributed by atoms with Gasteiger partial charge in [-0.05, 0) is 6.07 Å². The summed E-state index contributed by atoms with van der Waals surface area (Å²) in [6.07, 6.45) is 2.44. The van der Waals surface area contributed by atoms with E-state index in [4.69, 9.17) is 9.15 Å². The number of ether oxygens (including phenoxy) is 1. The lowest BCUT2D eigenvalue weighted by atomic mass is 10.3. The number of aliphatic hydroxyl groups is 1. The summed E-state index contributed by atoms with van der Waals surface area (Å²) in [4.78, 5) is 17.9. The molecule has 1 amide bonds. The molecule has 1 N–H and O–H groups in total. The Morgan fingerprint density at radius 1 is 1.65 bits per heavy atom. The highest BCUT2D eigenvalue weighted by atomic mass is 32.1. The van der Waals surface area contributed by atoms with Gasteiger partial charge in [-0.1, -0.05) is 0 Å². The lowest BCUT2D eigenvalue weighted by Crippen LogP contribution is -2.36. The molecule has 1 unspecified atom stereocenters. The first kappa shape index (κ1) is 14.7. The van der Waals surface area contributed by atoms with E-state index in [2.05, 4.69) is 4.98 Å². The number of hydrogen-bond acceptors (Lipinski definition) is 6. The molecule has 0 aromatic carbocycles. The van der Waals surface area contributed by atoms with E-state index < -0.39 is 6.10 Å². The van der Waals surface area contributed by atoms with Gasteiger partial charge in [0.05, 0.1) is 19.0 Å². The minimum atomic E-state index is -0.707. The number of carbonyl (C=O) groups is 1. The third-order valence-corrected chi connectivity index (χ3v) is 3.57. The van der Waals surface area contributed by atoms with Gasteiger partial charge in [0.2, 0.25) is 0 Å². The number of methoxy groups -OCH3 is 1. The first-order chi connectivity index (χ1) is 9.61. The zero-order valence-electron chi connectivity index (χ0n) is 11.3. The largest absolute Gasteiger partial charge is 0.472 e. The topological polar surface area (TPSA) is 75.8 Å². The summed E-state index contributed by atoms with van der Waals surface area (Å²) in [6, 6.07) is 1.79.